The van der Waals surface area contributed by atoms with Gasteiger partial charge in [0, 0.05) is 5.69 Å². The number of aromatic nitrogens is 1. The average molecular weight is 212 g/mol. The standard InChI is InChI=1S/C11H14ClNO/c1-8-6-9(7-10(12)13-8)2-3-11(14)4-5-11/h6-7,14H,2-5H2,1H3. The molecule has 0 saturated heterocycles. The summed E-state index contributed by atoms with van der Waals surface area (Å²) in [4.78, 5) is 4.10. The van der Waals surface area contributed by atoms with Crippen molar-refractivity contribution in [3.63, 3.8) is 0 Å². The molecule has 0 aliphatic heterocycles. The Morgan fingerprint density at radius 2 is 2.21 bits per heavy atom. The highest BCUT2D eigenvalue weighted by Gasteiger charge is 2.39. The molecular formula is C11H14ClNO. The first-order chi connectivity index (χ1) is 6.57. The molecule has 1 aliphatic carbocycles. The molecule has 2 nitrogen and oxygen atoms in total. The van der Waals surface area contributed by atoms with Crippen molar-refractivity contribution >= 4 is 11.6 Å². The number of halogens is 1. The molecule has 2 rings (SSSR count). The minimum absolute atomic E-state index is 0.371. The van der Waals surface area contributed by atoms with Crippen molar-refractivity contribution in [2.75, 3.05) is 0 Å². The van der Waals surface area contributed by atoms with Crippen LogP contribution in [0.2, 0.25) is 5.15 Å². The van der Waals surface area contributed by atoms with Gasteiger partial charge in [-0.2, -0.15) is 0 Å². The third kappa shape index (κ3) is 2.46. The Morgan fingerprint density at radius 1 is 1.50 bits per heavy atom. The summed E-state index contributed by atoms with van der Waals surface area (Å²) in [7, 11) is 0. The molecule has 1 saturated carbocycles. The molecule has 0 unspecified atom stereocenters. The number of hydrogen-bond acceptors (Lipinski definition) is 2. The van der Waals surface area contributed by atoms with Gasteiger partial charge in [-0.1, -0.05) is 11.6 Å². The number of rotatable bonds is 3. The fourth-order valence-electron chi connectivity index (χ4n) is 1.61. The lowest BCUT2D eigenvalue weighted by molar-refractivity contribution is 0.140. The van der Waals surface area contributed by atoms with E-state index in [9.17, 15) is 5.11 Å². The summed E-state index contributed by atoms with van der Waals surface area (Å²) in [6.07, 6.45) is 3.63. The quantitative estimate of drug-likeness (QED) is 0.780. The van der Waals surface area contributed by atoms with Crippen LogP contribution in [0.3, 0.4) is 0 Å². The van der Waals surface area contributed by atoms with Gasteiger partial charge in [-0.15, -0.1) is 0 Å². The first kappa shape index (κ1) is 9.94. The van der Waals surface area contributed by atoms with E-state index in [2.05, 4.69) is 4.98 Å². The van der Waals surface area contributed by atoms with Crippen molar-refractivity contribution in [1.29, 1.82) is 0 Å². The third-order valence-electron chi connectivity index (χ3n) is 2.69. The molecule has 3 heteroatoms. The molecule has 0 radical (unpaired) electrons. The van der Waals surface area contributed by atoms with Gasteiger partial charge in [0.1, 0.15) is 5.15 Å². The van der Waals surface area contributed by atoms with Gasteiger partial charge >= 0.3 is 0 Å². The second kappa shape index (κ2) is 3.52. The van der Waals surface area contributed by atoms with Gasteiger partial charge in [-0.3, -0.25) is 0 Å². The van der Waals surface area contributed by atoms with Crippen LogP contribution in [0, 0.1) is 6.92 Å². The second-order valence-electron chi connectivity index (χ2n) is 4.16. The molecule has 1 fully saturated rings. The smallest absolute Gasteiger partial charge is 0.129 e. The van der Waals surface area contributed by atoms with Crippen LogP contribution in [-0.2, 0) is 6.42 Å². The van der Waals surface area contributed by atoms with Crippen LogP contribution in [0.1, 0.15) is 30.5 Å². The van der Waals surface area contributed by atoms with Gasteiger partial charge < -0.3 is 5.11 Å². The molecule has 0 aromatic carbocycles. The Hall–Kier alpha value is -0.600. The third-order valence-corrected chi connectivity index (χ3v) is 2.88. The molecule has 0 amide bonds. The highest BCUT2D eigenvalue weighted by Crippen LogP contribution is 2.39. The number of nitrogens with zero attached hydrogens (tertiary/aromatic N) is 1. The van der Waals surface area contributed by atoms with E-state index >= 15 is 0 Å². The van der Waals surface area contributed by atoms with E-state index in [0.29, 0.717) is 5.15 Å². The van der Waals surface area contributed by atoms with E-state index in [1.807, 2.05) is 19.1 Å². The van der Waals surface area contributed by atoms with Gasteiger partial charge in [-0.25, -0.2) is 4.98 Å². The van der Waals surface area contributed by atoms with Crippen molar-refractivity contribution in [3.05, 3.63) is 28.5 Å². The summed E-state index contributed by atoms with van der Waals surface area (Å²) in [6, 6.07) is 3.90. The Kier molecular flexibility index (Phi) is 2.50. The largest absolute Gasteiger partial charge is 0.390 e. The molecule has 1 aromatic rings. The average Bonchev–Trinajstić information content (AvgIpc) is 2.80. The van der Waals surface area contributed by atoms with E-state index in [1.54, 1.807) is 0 Å². The summed E-state index contributed by atoms with van der Waals surface area (Å²) < 4.78 is 0. The lowest BCUT2D eigenvalue weighted by Gasteiger charge is -2.07. The van der Waals surface area contributed by atoms with E-state index in [1.165, 1.54) is 5.56 Å². The van der Waals surface area contributed by atoms with Gasteiger partial charge in [0.05, 0.1) is 5.60 Å². The molecule has 0 bridgehead atoms. The van der Waals surface area contributed by atoms with E-state index < -0.39 is 0 Å². The normalized spacial score (nSPS) is 18.2. The minimum Gasteiger partial charge on any atom is -0.390 e. The van der Waals surface area contributed by atoms with Crippen molar-refractivity contribution in [3.8, 4) is 0 Å². The molecule has 1 heterocycles. The lowest BCUT2D eigenvalue weighted by Crippen LogP contribution is -2.07. The molecule has 14 heavy (non-hydrogen) atoms. The van der Waals surface area contributed by atoms with Crippen LogP contribution in [0.4, 0.5) is 0 Å². The SMILES string of the molecule is Cc1cc(CCC2(O)CC2)cc(Cl)n1. The summed E-state index contributed by atoms with van der Waals surface area (Å²) in [5, 5.41) is 10.2. The minimum atomic E-state index is -0.371. The second-order valence-corrected chi connectivity index (χ2v) is 4.55. The maximum atomic E-state index is 9.68. The summed E-state index contributed by atoms with van der Waals surface area (Å²) >= 11 is 5.84. The summed E-state index contributed by atoms with van der Waals surface area (Å²) in [6.45, 7) is 1.93. The topological polar surface area (TPSA) is 33.1 Å². The molecule has 1 aliphatic rings. The van der Waals surface area contributed by atoms with Crippen LogP contribution < -0.4 is 0 Å². The highest BCUT2D eigenvalue weighted by atomic mass is 35.5. The molecule has 1 N–H and O–H groups in total. The summed E-state index contributed by atoms with van der Waals surface area (Å²) in [5.74, 6) is 0. The first-order valence-corrected chi connectivity index (χ1v) is 5.31. The maximum Gasteiger partial charge on any atom is 0.129 e. The van der Waals surface area contributed by atoms with Gasteiger partial charge in [0.25, 0.3) is 0 Å². The van der Waals surface area contributed by atoms with Crippen LogP contribution in [0.5, 0.6) is 0 Å². The van der Waals surface area contributed by atoms with Crippen molar-refractivity contribution in [2.45, 2.75) is 38.2 Å². The van der Waals surface area contributed by atoms with Crippen LogP contribution in [0.25, 0.3) is 0 Å². The zero-order chi connectivity index (χ0) is 10.2. The summed E-state index contributed by atoms with van der Waals surface area (Å²) in [5.41, 5.74) is 1.74. The fraction of sp³-hybridized carbons (Fsp3) is 0.545. The van der Waals surface area contributed by atoms with Crippen molar-refractivity contribution in [1.82, 2.24) is 4.98 Å². The number of aryl methyl sites for hydroxylation is 2. The van der Waals surface area contributed by atoms with Gasteiger partial charge in [0.15, 0.2) is 0 Å². The number of pyridine rings is 1. The zero-order valence-electron chi connectivity index (χ0n) is 8.26. The lowest BCUT2D eigenvalue weighted by atomic mass is 10.1. The molecular weight excluding hydrogens is 198 g/mol. The van der Waals surface area contributed by atoms with Crippen LogP contribution in [0.15, 0.2) is 12.1 Å². The Balaban J connectivity index is 2.01. The number of aliphatic hydroxyl groups is 1. The van der Waals surface area contributed by atoms with E-state index in [-0.39, 0.29) is 5.60 Å². The monoisotopic (exact) mass is 211 g/mol. The fourth-order valence-corrected chi connectivity index (χ4v) is 1.89. The van der Waals surface area contributed by atoms with Crippen molar-refractivity contribution in [2.24, 2.45) is 0 Å². The Morgan fingerprint density at radius 3 is 2.79 bits per heavy atom. The van der Waals surface area contributed by atoms with Crippen molar-refractivity contribution < 1.29 is 5.11 Å². The Bertz CT molecular complexity index is 327. The number of hydrogen-bond donors (Lipinski definition) is 1. The maximum absolute atomic E-state index is 9.68. The van der Waals surface area contributed by atoms with Crippen LogP contribution in [-0.4, -0.2) is 15.7 Å². The Labute approximate surface area is 88.9 Å². The molecule has 0 spiro atoms. The van der Waals surface area contributed by atoms with Gasteiger partial charge in [-0.05, 0) is 50.3 Å². The van der Waals surface area contributed by atoms with E-state index in [4.69, 9.17) is 11.6 Å². The first-order valence-electron chi connectivity index (χ1n) is 4.93. The predicted molar refractivity (Wildman–Crippen MR) is 56.5 cm³/mol. The molecule has 76 valence electrons. The molecule has 0 atom stereocenters. The molecule has 1 aromatic heterocycles. The highest BCUT2D eigenvalue weighted by molar-refractivity contribution is 6.29. The van der Waals surface area contributed by atoms with Gasteiger partial charge in [0.2, 0.25) is 0 Å². The van der Waals surface area contributed by atoms with Crippen LogP contribution >= 0.6 is 11.6 Å². The zero-order valence-corrected chi connectivity index (χ0v) is 9.01. The predicted octanol–water partition coefficient (Wildman–Crippen LogP) is 2.50. The van der Waals surface area contributed by atoms with E-state index in [0.717, 1.165) is 31.4 Å².